The van der Waals surface area contributed by atoms with Gasteiger partial charge >= 0.3 is 6.18 Å². The number of nitrogens with one attached hydrogen (secondary N) is 1. The van der Waals surface area contributed by atoms with Gasteiger partial charge in [-0.3, -0.25) is 4.79 Å². The third-order valence-corrected chi connectivity index (χ3v) is 3.03. The molecule has 0 aliphatic heterocycles. The van der Waals surface area contributed by atoms with E-state index in [1.54, 1.807) is 0 Å². The van der Waals surface area contributed by atoms with Gasteiger partial charge in [0.25, 0.3) is 0 Å². The Morgan fingerprint density at radius 2 is 2.05 bits per heavy atom. The van der Waals surface area contributed by atoms with Gasteiger partial charge in [-0.15, -0.1) is 11.6 Å². The first-order chi connectivity index (χ1) is 8.58. The first-order valence-electron chi connectivity index (χ1n) is 5.05. The average molecular weight is 361 g/mol. The van der Waals surface area contributed by atoms with Crippen LogP contribution in [-0.2, 0) is 16.5 Å². The molecule has 4 nitrogen and oxygen atoms in total. The first kappa shape index (κ1) is 16.2. The van der Waals surface area contributed by atoms with Gasteiger partial charge in [0, 0.05) is 0 Å². The van der Waals surface area contributed by atoms with E-state index in [4.69, 9.17) is 11.6 Å². The molecule has 1 aromatic rings. The SMILES string of the molecule is CC(C)(NC(=O)CCl)c1cnc(Br)c(C(F)(F)F)n1. The van der Waals surface area contributed by atoms with Crippen LogP contribution in [0, 0.1) is 0 Å². The van der Waals surface area contributed by atoms with Crippen molar-refractivity contribution in [2.45, 2.75) is 25.6 Å². The maximum atomic E-state index is 12.7. The fourth-order valence-electron chi connectivity index (χ4n) is 1.30. The summed E-state index contributed by atoms with van der Waals surface area (Å²) in [6, 6.07) is 0. The van der Waals surface area contributed by atoms with Crippen LogP contribution in [0.3, 0.4) is 0 Å². The average Bonchev–Trinajstić information content (AvgIpc) is 2.26. The molecule has 0 aliphatic carbocycles. The van der Waals surface area contributed by atoms with Crippen LogP contribution in [0.1, 0.15) is 25.2 Å². The van der Waals surface area contributed by atoms with Crippen molar-refractivity contribution in [2.24, 2.45) is 0 Å². The second-order valence-electron chi connectivity index (χ2n) is 4.20. The molecule has 106 valence electrons. The molecule has 0 saturated carbocycles. The monoisotopic (exact) mass is 359 g/mol. The van der Waals surface area contributed by atoms with Crippen LogP contribution in [-0.4, -0.2) is 21.8 Å². The highest BCUT2D eigenvalue weighted by Gasteiger charge is 2.37. The predicted octanol–water partition coefficient (Wildman–Crippen LogP) is 2.85. The highest BCUT2D eigenvalue weighted by atomic mass is 79.9. The molecule has 0 bridgehead atoms. The maximum Gasteiger partial charge on any atom is 0.436 e. The van der Waals surface area contributed by atoms with Crippen LogP contribution in [0.15, 0.2) is 10.8 Å². The number of rotatable bonds is 3. The number of aromatic nitrogens is 2. The topological polar surface area (TPSA) is 54.9 Å². The highest BCUT2D eigenvalue weighted by Crippen LogP contribution is 2.33. The van der Waals surface area contributed by atoms with E-state index in [-0.39, 0.29) is 11.6 Å². The molecule has 0 saturated heterocycles. The number of hydrogen-bond donors (Lipinski definition) is 1. The third kappa shape index (κ3) is 4.04. The van der Waals surface area contributed by atoms with E-state index in [0.29, 0.717) is 0 Å². The van der Waals surface area contributed by atoms with Crippen molar-refractivity contribution in [3.63, 3.8) is 0 Å². The number of amides is 1. The van der Waals surface area contributed by atoms with Crippen molar-refractivity contribution < 1.29 is 18.0 Å². The first-order valence-corrected chi connectivity index (χ1v) is 6.38. The molecule has 0 atom stereocenters. The summed E-state index contributed by atoms with van der Waals surface area (Å²) >= 11 is 8.03. The minimum atomic E-state index is -4.63. The summed E-state index contributed by atoms with van der Waals surface area (Å²) in [4.78, 5) is 18.3. The van der Waals surface area contributed by atoms with Gasteiger partial charge in [0.15, 0.2) is 5.69 Å². The Kier molecular flexibility index (Phi) is 4.78. The molecule has 1 rings (SSSR count). The van der Waals surface area contributed by atoms with Gasteiger partial charge in [0.2, 0.25) is 5.91 Å². The molecule has 1 aromatic heterocycles. The van der Waals surface area contributed by atoms with Gasteiger partial charge in [0.1, 0.15) is 10.5 Å². The number of nitrogens with zero attached hydrogens (tertiary/aromatic N) is 2. The van der Waals surface area contributed by atoms with Crippen LogP contribution >= 0.6 is 27.5 Å². The number of carbonyl (C=O) groups excluding carboxylic acids is 1. The predicted molar refractivity (Wildman–Crippen MR) is 66.6 cm³/mol. The molecule has 0 unspecified atom stereocenters. The molecule has 0 spiro atoms. The maximum absolute atomic E-state index is 12.7. The Hall–Kier alpha value is -0.890. The van der Waals surface area contributed by atoms with E-state index in [9.17, 15) is 18.0 Å². The summed E-state index contributed by atoms with van der Waals surface area (Å²) in [7, 11) is 0. The van der Waals surface area contributed by atoms with Crippen LogP contribution < -0.4 is 5.32 Å². The standard InChI is InChI=1S/C10H10BrClF3N3O/c1-9(2,18-6(19)3-12)5-4-16-8(11)7(17-5)10(13,14)15/h4H,3H2,1-2H3,(H,18,19). The lowest BCUT2D eigenvalue weighted by molar-refractivity contribution is -0.142. The lowest BCUT2D eigenvalue weighted by Gasteiger charge is -2.25. The second kappa shape index (κ2) is 5.62. The fraction of sp³-hybridized carbons (Fsp3) is 0.500. The molecule has 0 aromatic carbocycles. The highest BCUT2D eigenvalue weighted by molar-refractivity contribution is 9.10. The fourth-order valence-corrected chi connectivity index (χ4v) is 1.78. The molecular formula is C10H10BrClF3N3O. The van der Waals surface area contributed by atoms with Crippen molar-refractivity contribution >= 4 is 33.4 Å². The molecule has 1 N–H and O–H groups in total. The Bertz CT molecular complexity index is 493. The van der Waals surface area contributed by atoms with Crippen LogP contribution in [0.4, 0.5) is 13.2 Å². The zero-order valence-electron chi connectivity index (χ0n) is 9.98. The smallest absolute Gasteiger partial charge is 0.344 e. The number of carbonyl (C=O) groups is 1. The minimum Gasteiger partial charge on any atom is -0.344 e. The largest absolute Gasteiger partial charge is 0.436 e. The Morgan fingerprint density at radius 3 is 2.53 bits per heavy atom. The molecule has 19 heavy (non-hydrogen) atoms. The number of hydrogen-bond acceptors (Lipinski definition) is 3. The number of halogens is 5. The van der Waals surface area contributed by atoms with Gasteiger partial charge in [-0.1, -0.05) is 0 Å². The van der Waals surface area contributed by atoms with E-state index in [1.807, 2.05) is 0 Å². The van der Waals surface area contributed by atoms with Gasteiger partial charge < -0.3 is 5.32 Å². The molecule has 9 heteroatoms. The Balaban J connectivity index is 3.18. The second-order valence-corrected chi connectivity index (χ2v) is 5.22. The Morgan fingerprint density at radius 1 is 1.47 bits per heavy atom. The molecular weight excluding hydrogens is 350 g/mol. The van der Waals surface area contributed by atoms with Crippen molar-refractivity contribution in [3.8, 4) is 0 Å². The van der Waals surface area contributed by atoms with E-state index in [0.717, 1.165) is 6.20 Å². The zero-order chi connectivity index (χ0) is 14.8. The van der Waals surface area contributed by atoms with Crippen LogP contribution in [0.25, 0.3) is 0 Å². The lowest BCUT2D eigenvalue weighted by Crippen LogP contribution is -2.42. The Labute approximate surface area is 120 Å². The summed E-state index contributed by atoms with van der Waals surface area (Å²) in [6.45, 7) is 3.02. The normalized spacial score (nSPS) is 12.4. The van der Waals surface area contributed by atoms with Gasteiger partial charge in [-0.2, -0.15) is 13.2 Å². The van der Waals surface area contributed by atoms with Crippen molar-refractivity contribution in [2.75, 3.05) is 5.88 Å². The molecule has 0 fully saturated rings. The summed E-state index contributed by atoms with van der Waals surface area (Å²) in [5.74, 6) is -0.801. The zero-order valence-corrected chi connectivity index (χ0v) is 12.3. The number of alkyl halides is 4. The quantitative estimate of drug-likeness (QED) is 0.843. The van der Waals surface area contributed by atoms with Gasteiger partial charge in [-0.05, 0) is 29.8 Å². The lowest BCUT2D eigenvalue weighted by atomic mass is 10.0. The van der Waals surface area contributed by atoms with Crippen LogP contribution in [0.2, 0.25) is 0 Å². The van der Waals surface area contributed by atoms with E-state index < -0.39 is 27.9 Å². The van der Waals surface area contributed by atoms with Crippen molar-refractivity contribution in [1.82, 2.24) is 15.3 Å². The molecule has 1 heterocycles. The minimum absolute atomic E-state index is 0.0125. The third-order valence-electron chi connectivity index (χ3n) is 2.21. The summed E-state index contributed by atoms with van der Waals surface area (Å²) in [6.07, 6.45) is -3.47. The van der Waals surface area contributed by atoms with Crippen LogP contribution in [0.5, 0.6) is 0 Å². The molecule has 0 radical (unpaired) electrons. The van der Waals surface area contributed by atoms with Gasteiger partial charge in [0.05, 0.1) is 17.4 Å². The molecule has 1 amide bonds. The van der Waals surface area contributed by atoms with E-state index >= 15 is 0 Å². The summed E-state index contributed by atoms with van der Waals surface area (Å²) in [5, 5.41) is 2.46. The molecule has 0 aliphatic rings. The summed E-state index contributed by atoms with van der Waals surface area (Å²) in [5.41, 5.74) is -2.26. The van der Waals surface area contributed by atoms with E-state index in [2.05, 4.69) is 31.2 Å². The van der Waals surface area contributed by atoms with Crippen molar-refractivity contribution in [3.05, 3.63) is 22.2 Å². The van der Waals surface area contributed by atoms with E-state index in [1.165, 1.54) is 13.8 Å². The van der Waals surface area contributed by atoms with Gasteiger partial charge in [-0.25, -0.2) is 9.97 Å². The van der Waals surface area contributed by atoms with Crippen molar-refractivity contribution in [1.29, 1.82) is 0 Å². The summed E-state index contributed by atoms with van der Waals surface area (Å²) < 4.78 is 37.7.